The number of hydrogen-bond acceptors (Lipinski definition) is 3. The molecule has 4 nitrogen and oxygen atoms in total. The molecule has 138 valence electrons. The van der Waals surface area contributed by atoms with E-state index in [1.807, 2.05) is 62.4 Å². The molecule has 26 heavy (non-hydrogen) atoms. The third-order valence-electron chi connectivity index (χ3n) is 3.79. The monoisotopic (exact) mass is 371 g/mol. The van der Waals surface area contributed by atoms with Crippen molar-refractivity contribution in [3.05, 3.63) is 84.1 Å². The highest BCUT2D eigenvalue weighted by atomic mass is 32.2. The molecule has 0 spiro atoms. The minimum absolute atomic E-state index is 0.374. The third kappa shape index (κ3) is 5.31. The lowest BCUT2D eigenvalue weighted by Gasteiger charge is -2.22. The van der Waals surface area contributed by atoms with Gasteiger partial charge in [-0.1, -0.05) is 42.5 Å². The average molecular weight is 372 g/mol. The van der Waals surface area contributed by atoms with Gasteiger partial charge in [-0.05, 0) is 49.8 Å². The van der Waals surface area contributed by atoms with Gasteiger partial charge in [0, 0.05) is 0 Å². The van der Waals surface area contributed by atoms with Crippen LogP contribution in [0.3, 0.4) is 0 Å². The highest BCUT2D eigenvalue weighted by Crippen LogP contribution is 2.26. The van der Waals surface area contributed by atoms with Crippen molar-refractivity contribution in [2.75, 3.05) is 13.7 Å². The van der Waals surface area contributed by atoms with Crippen LogP contribution < -0.4 is 9.46 Å². The molecule has 5 heteroatoms. The van der Waals surface area contributed by atoms with Crippen LogP contribution in [0, 0.1) is 6.92 Å². The molecule has 2 aromatic carbocycles. The summed E-state index contributed by atoms with van der Waals surface area (Å²) >= 11 is 0. The Kier molecular flexibility index (Phi) is 7.63. The minimum atomic E-state index is -1.39. The predicted octanol–water partition coefficient (Wildman–Crippen LogP) is 4.46. The summed E-state index contributed by atoms with van der Waals surface area (Å²) in [4.78, 5) is 0.712. The molecule has 0 heterocycles. The summed E-state index contributed by atoms with van der Waals surface area (Å²) in [5, 5.41) is 0. The quantitative estimate of drug-likeness (QED) is 0.523. The summed E-state index contributed by atoms with van der Waals surface area (Å²) in [7, 11) is 0.232. The lowest BCUT2D eigenvalue weighted by atomic mass is 10.1. The zero-order chi connectivity index (χ0) is 18.9. The molecule has 2 aromatic rings. The van der Waals surface area contributed by atoms with Crippen molar-refractivity contribution in [2.45, 2.75) is 24.8 Å². The van der Waals surface area contributed by atoms with E-state index < -0.39 is 11.0 Å². The van der Waals surface area contributed by atoms with Crippen molar-refractivity contribution in [1.29, 1.82) is 0 Å². The summed E-state index contributed by atoms with van der Waals surface area (Å²) in [6.45, 7) is 8.17. The lowest BCUT2D eigenvalue weighted by Crippen LogP contribution is -2.26. The topological polar surface area (TPSA) is 47.6 Å². The Balaban J connectivity index is 2.35. The number of hydrogen-bond donors (Lipinski definition) is 1. The van der Waals surface area contributed by atoms with Crippen LogP contribution in [0.5, 0.6) is 5.75 Å². The first-order chi connectivity index (χ1) is 12.6. The van der Waals surface area contributed by atoms with Gasteiger partial charge in [0.25, 0.3) is 0 Å². The first-order valence-electron chi connectivity index (χ1n) is 8.43. The number of aryl methyl sites for hydroxylation is 1. The van der Waals surface area contributed by atoms with E-state index in [2.05, 4.69) is 11.3 Å². The second-order valence-electron chi connectivity index (χ2n) is 5.64. The second kappa shape index (κ2) is 9.94. The zero-order valence-corrected chi connectivity index (χ0v) is 16.2. The largest absolute Gasteiger partial charge is 0.497 e. The molecule has 0 amide bonds. The van der Waals surface area contributed by atoms with Gasteiger partial charge in [-0.3, -0.25) is 0 Å². The maximum Gasteiger partial charge on any atom is 0.125 e. The molecule has 0 aliphatic rings. The summed E-state index contributed by atoms with van der Waals surface area (Å²) in [5.41, 5.74) is 2.05. The number of nitrogens with one attached hydrogen (secondary N) is 1. The van der Waals surface area contributed by atoms with Crippen molar-refractivity contribution in [1.82, 2.24) is 4.72 Å². The Bertz CT molecular complexity index is 767. The number of benzene rings is 2. The van der Waals surface area contributed by atoms with Crippen molar-refractivity contribution in [2.24, 2.45) is 0 Å². The van der Waals surface area contributed by atoms with Crippen LogP contribution in [-0.2, 0) is 15.7 Å². The highest BCUT2D eigenvalue weighted by Gasteiger charge is 2.21. The van der Waals surface area contributed by atoms with Gasteiger partial charge < -0.3 is 9.47 Å². The van der Waals surface area contributed by atoms with E-state index in [1.165, 1.54) is 0 Å². The molecule has 0 fully saturated rings. The van der Waals surface area contributed by atoms with Gasteiger partial charge in [0.15, 0.2) is 0 Å². The van der Waals surface area contributed by atoms with E-state index in [-0.39, 0.29) is 6.04 Å². The van der Waals surface area contributed by atoms with Gasteiger partial charge in [-0.2, -0.15) is 0 Å². The molecular formula is C21H25NO3S. The van der Waals surface area contributed by atoms with E-state index in [9.17, 15) is 4.21 Å². The lowest BCUT2D eigenvalue weighted by molar-refractivity contribution is 0.206. The Morgan fingerprint density at radius 1 is 1.19 bits per heavy atom. The molecule has 0 bridgehead atoms. The smallest absolute Gasteiger partial charge is 0.125 e. The SMILES string of the molecule is C=C/C=C(/OCC)[C@H](N[S@@](=O)c1ccc(C)cc1)c1ccc(OC)cc1. The standard InChI is InChI=1S/C21H25NO3S/c1-5-7-20(25-6-2)21(17-10-12-18(24-4)13-11-17)22-26(23)19-14-8-16(3)9-15-19/h5,7-15,21-22H,1,6H2,2-4H3/b20-7+/t21-,26+/m1/s1. The van der Waals surface area contributed by atoms with Gasteiger partial charge in [0.05, 0.1) is 18.6 Å². The van der Waals surface area contributed by atoms with Gasteiger partial charge in [0.2, 0.25) is 0 Å². The van der Waals surface area contributed by atoms with Crippen molar-refractivity contribution < 1.29 is 13.7 Å². The van der Waals surface area contributed by atoms with Crippen LogP contribution in [0.15, 0.2) is 77.9 Å². The molecule has 1 N–H and O–H groups in total. The zero-order valence-electron chi connectivity index (χ0n) is 15.4. The number of ether oxygens (including phenoxy) is 2. The van der Waals surface area contributed by atoms with Gasteiger partial charge in [-0.25, -0.2) is 8.93 Å². The molecule has 0 aliphatic carbocycles. The molecule has 0 unspecified atom stereocenters. The highest BCUT2D eigenvalue weighted by molar-refractivity contribution is 7.83. The van der Waals surface area contributed by atoms with Gasteiger partial charge >= 0.3 is 0 Å². The van der Waals surface area contributed by atoms with Crippen molar-refractivity contribution in [3.8, 4) is 5.75 Å². The van der Waals surface area contributed by atoms with E-state index in [0.717, 1.165) is 16.9 Å². The Labute approximate surface area is 158 Å². The maximum atomic E-state index is 12.8. The van der Waals surface area contributed by atoms with Crippen LogP contribution >= 0.6 is 0 Å². The molecule has 2 rings (SSSR count). The fourth-order valence-electron chi connectivity index (χ4n) is 2.43. The van der Waals surface area contributed by atoms with Crippen LogP contribution in [0.4, 0.5) is 0 Å². The normalized spacial score (nSPS) is 13.7. The van der Waals surface area contributed by atoms with E-state index in [0.29, 0.717) is 17.3 Å². The number of allylic oxidation sites excluding steroid dienone is 2. The fraction of sp³-hybridized carbons (Fsp3) is 0.238. The van der Waals surface area contributed by atoms with Crippen LogP contribution in [0.2, 0.25) is 0 Å². The number of rotatable bonds is 9. The average Bonchev–Trinajstić information content (AvgIpc) is 2.66. The summed E-state index contributed by atoms with van der Waals surface area (Å²) in [5.74, 6) is 1.42. The first kappa shape index (κ1) is 19.9. The molecular weight excluding hydrogens is 346 g/mol. The van der Waals surface area contributed by atoms with Gasteiger partial charge in [0.1, 0.15) is 28.5 Å². The van der Waals surface area contributed by atoms with E-state index in [4.69, 9.17) is 9.47 Å². The van der Waals surface area contributed by atoms with Crippen molar-refractivity contribution in [3.63, 3.8) is 0 Å². The molecule has 0 radical (unpaired) electrons. The van der Waals surface area contributed by atoms with Gasteiger partial charge in [-0.15, -0.1) is 0 Å². The van der Waals surface area contributed by atoms with E-state index >= 15 is 0 Å². The van der Waals surface area contributed by atoms with Crippen LogP contribution in [-0.4, -0.2) is 17.9 Å². The predicted molar refractivity (Wildman–Crippen MR) is 106 cm³/mol. The number of methoxy groups -OCH3 is 1. The molecule has 2 atom stereocenters. The molecule has 0 saturated heterocycles. The summed E-state index contributed by atoms with van der Waals surface area (Å²) in [6.07, 6.45) is 3.45. The van der Waals surface area contributed by atoms with E-state index in [1.54, 1.807) is 19.3 Å². The third-order valence-corrected chi connectivity index (χ3v) is 4.94. The molecule has 0 saturated carbocycles. The Morgan fingerprint density at radius 3 is 2.38 bits per heavy atom. The van der Waals surface area contributed by atoms with Crippen LogP contribution in [0.25, 0.3) is 0 Å². The summed E-state index contributed by atoms with van der Waals surface area (Å²) < 4.78 is 27.0. The Hall–Kier alpha value is -2.37. The molecule has 0 aliphatic heterocycles. The molecule has 0 aromatic heterocycles. The summed E-state index contributed by atoms with van der Waals surface area (Å²) in [6, 6.07) is 14.8. The Morgan fingerprint density at radius 2 is 1.85 bits per heavy atom. The second-order valence-corrected chi connectivity index (χ2v) is 6.89. The fourth-order valence-corrected chi connectivity index (χ4v) is 3.42. The van der Waals surface area contributed by atoms with Crippen LogP contribution in [0.1, 0.15) is 24.1 Å². The maximum absolute atomic E-state index is 12.8. The first-order valence-corrected chi connectivity index (χ1v) is 9.58. The minimum Gasteiger partial charge on any atom is -0.497 e. The van der Waals surface area contributed by atoms with Crippen molar-refractivity contribution >= 4 is 11.0 Å².